The van der Waals surface area contributed by atoms with E-state index < -0.39 is 0 Å². The molecular weight excluding hydrogens is 330 g/mol. The quantitative estimate of drug-likeness (QED) is 0.765. The Morgan fingerprint density at radius 3 is 2.08 bits per heavy atom. The number of hydrogen-bond donors (Lipinski definition) is 3. The molecule has 1 heterocycles. The van der Waals surface area contributed by atoms with Gasteiger partial charge in [0.25, 0.3) is 5.91 Å². The number of nitrogens with zero attached hydrogens (tertiary/aromatic N) is 2. The molecule has 0 saturated heterocycles. The first-order chi connectivity index (χ1) is 12.6. The summed E-state index contributed by atoms with van der Waals surface area (Å²) in [5, 5.41) is 8.80. The van der Waals surface area contributed by atoms with Crippen molar-refractivity contribution >= 4 is 29.1 Å². The Morgan fingerprint density at radius 2 is 1.50 bits per heavy atom. The summed E-state index contributed by atoms with van der Waals surface area (Å²) in [6.45, 7) is 1.45. The Bertz CT molecular complexity index is 753. The number of nitrogens with one attached hydrogen (secondary N) is 3. The van der Waals surface area contributed by atoms with Gasteiger partial charge in [0.1, 0.15) is 0 Å². The first kappa shape index (κ1) is 17.8. The minimum Gasteiger partial charge on any atom is -0.351 e. The minimum atomic E-state index is -0.276. The average Bonchev–Trinajstić information content (AvgIpc) is 2.64. The number of carbonyl (C=O) groups excluding carboxylic acids is 2. The fraction of sp³-hybridized carbons (Fsp3) is 0.368. The van der Waals surface area contributed by atoms with E-state index in [0.29, 0.717) is 28.9 Å². The molecule has 136 valence electrons. The number of carbonyl (C=O) groups is 2. The van der Waals surface area contributed by atoms with Crippen LogP contribution in [0.25, 0.3) is 0 Å². The number of rotatable bonds is 5. The van der Waals surface area contributed by atoms with Crippen LogP contribution in [-0.2, 0) is 4.79 Å². The van der Waals surface area contributed by atoms with Gasteiger partial charge in [-0.25, -0.2) is 9.97 Å². The molecule has 0 unspecified atom stereocenters. The number of amides is 2. The van der Waals surface area contributed by atoms with Crippen molar-refractivity contribution in [3.8, 4) is 0 Å². The third-order valence-corrected chi connectivity index (χ3v) is 4.32. The van der Waals surface area contributed by atoms with Crippen LogP contribution in [0.1, 0.15) is 49.4 Å². The van der Waals surface area contributed by atoms with Crippen molar-refractivity contribution in [2.24, 2.45) is 0 Å². The molecule has 0 radical (unpaired) electrons. The second-order valence-electron chi connectivity index (χ2n) is 6.49. The van der Waals surface area contributed by atoms with Crippen LogP contribution in [0.15, 0.2) is 36.7 Å². The van der Waals surface area contributed by atoms with Gasteiger partial charge in [0.05, 0.1) is 5.56 Å². The predicted molar refractivity (Wildman–Crippen MR) is 101 cm³/mol. The Hall–Kier alpha value is -2.96. The summed E-state index contributed by atoms with van der Waals surface area (Å²) >= 11 is 0. The fourth-order valence-corrected chi connectivity index (χ4v) is 2.99. The van der Waals surface area contributed by atoms with Gasteiger partial charge < -0.3 is 16.0 Å². The third-order valence-electron chi connectivity index (χ3n) is 4.32. The van der Waals surface area contributed by atoms with E-state index in [2.05, 4.69) is 25.9 Å². The van der Waals surface area contributed by atoms with Crippen LogP contribution in [0.5, 0.6) is 0 Å². The molecule has 3 rings (SSSR count). The highest BCUT2D eigenvalue weighted by atomic mass is 16.2. The standard InChI is InChI=1S/C19H23N5O2/c1-13(25)22-16-7-9-17(10-8-16)23-18(26)14-11-20-19(21-12-14)24-15-5-3-2-4-6-15/h7-12,15H,2-6H2,1H3,(H,22,25)(H,23,26)(H,20,21,24). The van der Waals surface area contributed by atoms with Gasteiger partial charge in [-0.05, 0) is 37.1 Å². The lowest BCUT2D eigenvalue weighted by molar-refractivity contribution is -0.114. The Morgan fingerprint density at radius 1 is 0.923 bits per heavy atom. The highest BCUT2D eigenvalue weighted by Gasteiger charge is 2.14. The second-order valence-corrected chi connectivity index (χ2v) is 6.49. The molecule has 2 amide bonds. The molecule has 1 fully saturated rings. The monoisotopic (exact) mass is 353 g/mol. The maximum Gasteiger partial charge on any atom is 0.258 e. The molecule has 1 aromatic carbocycles. The van der Waals surface area contributed by atoms with E-state index in [9.17, 15) is 9.59 Å². The van der Waals surface area contributed by atoms with Crippen molar-refractivity contribution in [2.75, 3.05) is 16.0 Å². The van der Waals surface area contributed by atoms with Crippen LogP contribution in [0, 0.1) is 0 Å². The van der Waals surface area contributed by atoms with Crippen molar-refractivity contribution in [3.63, 3.8) is 0 Å². The molecule has 1 saturated carbocycles. The lowest BCUT2D eigenvalue weighted by atomic mass is 9.96. The van der Waals surface area contributed by atoms with Crippen molar-refractivity contribution in [3.05, 3.63) is 42.2 Å². The molecule has 0 atom stereocenters. The third kappa shape index (κ3) is 5.02. The Balaban J connectivity index is 1.56. The second kappa shape index (κ2) is 8.42. The fourth-order valence-electron chi connectivity index (χ4n) is 2.99. The first-order valence-corrected chi connectivity index (χ1v) is 8.88. The zero-order valence-corrected chi connectivity index (χ0v) is 14.8. The van der Waals surface area contributed by atoms with E-state index in [1.807, 2.05) is 0 Å². The number of anilines is 3. The van der Waals surface area contributed by atoms with E-state index >= 15 is 0 Å². The van der Waals surface area contributed by atoms with Gasteiger partial charge in [-0.15, -0.1) is 0 Å². The zero-order chi connectivity index (χ0) is 18.4. The van der Waals surface area contributed by atoms with Gasteiger partial charge >= 0.3 is 0 Å². The number of hydrogen-bond acceptors (Lipinski definition) is 5. The van der Waals surface area contributed by atoms with Gasteiger partial charge in [-0.1, -0.05) is 19.3 Å². The van der Waals surface area contributed by atoms with Crippen LogP contribution < -0.4 is 16.0 Å². The largest absolute Gasteiger partial charge is 0.351 e. The molecule has 2 aromatic rings. The molecule has 7 heteroatoms. The smallest absolute Gasteiger partial charge is 0.258 e. The molecule has 3 N–H and O–H groups in total. The molecule has 0 bridgehead atoms. The van der Waals surface area contributed by atoms with Crippen LogP contribution in [0.2, 0.25) is 0 Å². The van der Waals surface area contributed by atoms with Gasteiger partial charge in [0, 0.05) is 36.7 Å². The molecule has 26 heavy (non-hydrogen) atoms. The summed E-state index contributed by atoms with van der Waals surface area (Å²) in [4.78, 5) is 31.8. The van der Waals surface area contributed by atoms with Crippen molar-refractivity contribution in [1.29, 1.82) is 0 Å². The first-order valence-electron chi connectivity index (χ1n) is 8.88. The van der Waals surface area contributed by atoms with Crippen LogP contribution in [0.4, 0.5) is 17.3 Å². The zero-order valence-electron chi connectivity index (χ0n) is 14.8. The van der Waals surface area contributed by atoms with Crippen LogP contribution in [-0.4, -0.2) is 27.8 Å². The average molecular weight is 353 g/mol. The molecule has 1 aliphatic rings. The Labute approximate surface area is 152 Å². The van der Waals surface area contributed by atoms with E-state index in [0.717, 1.165) is 12.8 Å². The molecule has 0 spiro atoms. The van der Waals surface area contributed by atoms with Gasteiger partial charge in [-0.2, -0.15) is 0 Å². The van der Waals surface area contributed by atoms with E-state index in [1.165, 1.54) is 38.6 Å². The summed E-state index contributed by atoms with van der Waals surface area (Å²) in [6, 6.07) is 7.33. The van der Waals surface area contributed by atoms with E-state index in [1.54, 1.807) is 24.3 Å². The summed E-state index contributed by atoms with van der Waals surface area (Å²) in [5.41, 5.74) is 1.70. The highest BCUT2D eigenvalue weighted by molar-refractivity contribution is 6.04. The normalized spacial score (nSPS) is 14.5. The lowest BCUT2D eigenvalue weighted by Gasteiger charge is -2.22. The van der Waals surface area contributed by atoms with Gasteiger partial charge in [0.15, 0.2) is 0 Å². The van der Waals surface area contributed by atoms with E-state index in [4.69, 9.17) is 0 Å². The predicted octanol–water partition coefficient (Wildman–Crippen LogP) is 3.43. The topological polar surface area (TPSA) is 96.0 Å². The molecule has 1 aliphatic carbocycles. The Kier molecular flexibility index (Phi) is 5.78. The van der Waals surface area contributed by atoms with E-state index in [-0.39, 0.29) is 11.8 Å². The lowest BCUT2D eigenvalue weighted by Crippen LogP contribution is -2.23. The molecule has 0 aliphatic heterocycles. The number of aromatic nitrogens is 2. The highest BCUT2D eigenvalue weighted by Crippen LogP contribution is 2.20. The summed E-state index contributed by atoms with van der Waals surface area (Å²) in [5.74, 6) is 0.149. The van der Waals surface area contributed by atoms with Crippen molar-refractivity contribution in [2.45, 2.75) is 45.1 Å². The maximum atomic E-state index is 12.3. The SMILES string of the molecule is CC(=O)Nc1ccc(NC(=O)c2cnc(NC3CCCCC3)nc2)cc1. The summed E-state index contributed by atoms with van der Waals surface area (Å²) in [7, 11) is 0. The minimum absolute atomic E-state index is 0.138. The number of benzene rings is 1. The van der Waals surface area contributed by atoms with Crippen LogP contribution >= 0.6 is 0 Å². The molecule has 7 nitrogen and oxygen atoms in total. The van der Waals surface area contributed by atoms with Gasteiger partial charge in [0.2, 0.25) is 11.9 Å². The van der Waals surface area contributed by atoms with Crippen molar-refractivity contribution < 1.29 is 9.59 Å². The molecular formula is C19H23N5O2. The summed E-state index contributed by atoms with van der Waals surface area (Å²) in [6.07, 6.45) is 9.10. The van der Waals surface area contributed by atoms with Crippen molar-refractivity contribution in [1.82, 2.24) is 9.97 Å². The van der Waals surface area contributed by atoms with Crippen LogP contribution in [0.3, 0.4) is 0 Å². The summed E-state index contributed by atoms with van der Waals surface area (Å²) < 4.78 is 0. The molecule has 1 aromatic heterocycles. The maximum absolute atomic E-state index is 12.3. The van der Waals surface area contributed by atoms with Gasteiger partial charge in [-0.3, -0.25) is 9.59 Å².